The third-order valence-electron chi connectivity index (χ3n) is 3.43. The van der Waals surface area contributed by atoms with Crippen molar-refractivity contribution in [3.8, 4) is 0 Å². The van der Waals surface area contributed by atoms with Crippen LogP contribution in [0.25, 0.3) is 0 Å². The molecule has 1 fully saturated rings. The van der Waals surface area contributed by atoms with Gasteiger partial charge in [-0.2, -0.15) is 5.10 Å². The normalized spacial score (nSPS) is 23.7. The van der Waals surface area contributed by atoms with Gasteiger partial charge in [-0.3, -0.25) is 0 Å². The number of morpholine rings is 1. The van der Waals surface area contributed by atoms with E-state index in [4.69, 9.17) is 16.3 Å². The van der Waals surface area contributed by atoms with E-state index in [0.717, 1.165) is 30.8 Å². The van der Waals surface area contributed by atoms with Crippen LogP contribution in [0.4, 0.5) is 5.95 Å². The molecular formula is C13H21ClN4O. The number of aryl methyl sites for hydroxylation is 2. The van der Waals surface area contributed by atoms with Crippen LogP contribution in [0.1, 0.15) is 32.2 Å². The number of anilines is 1. The fraction of sp³-hybridized carbons (Fsp3) is 0.769. The van der Waals surface area contributed by atoms with Gasteiger partial charge in [0.2, 0.25) is 5.95 Å². The first-order valence-electron chi connectivity index (χ1n) is 6.86. The molecule has 0 aliphatic carbocycles. The van der Waals surface area contributed by atoms with Gasteiger partial charge in [-0.05, 0) is 19.8 Å². The predicted molar refractivity (Wildman–Crippen MR) is 75.9 cm³/mol. The molecule has 19 heavy (non-hydrogen) atoms. The highest BCUT2D eigenvalue weighted by molar-refractivity contribution is 6.18. The highest BCUT2D eigenvalue weighted by Gasteiger charge is 2.28. The lowest BCUT2D eigenvalue weighted by atomic mass is 10.2. The maximum absolute atomic E-state index is 5.88. The number of aromatic nitrogens is 3. The Labute approximate surface area is 119 Å². The number of alkyl halides is 1. The van der Waals surface area contributed by atoms with Gasteiger partial charge in [0.1, 0.15) is 0 Å². The molecule has 1 aromatic rings. The molecule has 1 aliphatic heterocycles. The second-order valence-corrected chi connectivity index (χ2v) is 5.13. The zero-order chi connectivity index (χ0) is 13.8. The largest absolute Gasteiger partial charge is 0.373 e. The Morgan fingerprint density at radius 1 is 1.26 bits per heavy atom. The zero-order valence-electron chi connectivity index (χ0n) is 11.8. The summed E-state index contributed by atoms with van der Waals surface area (Å²) in [6, 6.07) is 0.249. The van der Waals surface area contributed by atoms with Crippen LogP contribution in [-0.2, 0) is 17.6 Å². The van der Waals surface area contributed by atoms with Crippen LogP contribution in [0.3, 0.4) is 0 Å². The molecule has 106 valence electrons. The molecule has 2 rings (SSSR count). The molecule has 6 heteroatoms. The van der Waals surface area contributed by atoms with E-state index in [-0.39, 0.29) is 12.1 Å². The Morgan fingerprint density at radius 2 is 2.00 bits per heavy atom. The van der Waals surface area contributed by atoms with E-state index >= 15 is 0 Å². The maximum Gasteiger partial charge on any atom is 0.246 e. The summed E-state index contributed by atoms with van der Waals surface area (Å²) in [4.78, 5) is 6.80. The molecule has 1 aromatic heterocycles. The van der Waals surface area contributed by atoms with Gasteiger partial charge in [0.25, 0.3) is 0 Å². The quantitative estimate of drug-likeness (QED) is 0.790. The third-order valence-corrected chi connectivity index (χ3v) is 3.78. The van der Waals surface area contributed by atoms with Crippen molar-refractivity contribution in [2.75, 3.05) is 23.9 Å². The molecule has 1 saturated heterocycles. The van der Waals surface area contributed by atoms with Crippen molar-refractivity contribution >= 4 is 17.5 Å². The van der Waals surface area contributed by atoms with Crippen molar-refractivity contribution in [3.05, 3.63) is 11.4 Å². The number of nitrogens with zero attached hydrogens (tertiary/aromatic N) is 4. The zero-order valence-corrected chi connectivity index (χ0v) is 12.5. The Kier molecular flexibility index (Phi) is 4.93. The minimum atomic E-state index is 0.0393. The Hall–Kier alpha value is -0.940. The molecule has 0 spiro atoms. The molecule has 0 bridgehead atoms. The molecule has 2 atom stereocenters. The van der Waals surface area contributed by atoms with Crippen LogP contribution < -0.4 is 4.90 Å². The lowest BCUT2D eigenvalue weighted by Gasteiger charge is -2.37. The number of ether oxygens (including phenoxy) is 1. The average Bonchev–Trinajstić information content (AvgIpc) is 2.47. The lowest BCUT2D eigenvalue weighted by Crippen LogP contribution is -2.50. The van der Waals surface area contributed by atoms with Crippen molar-refractivity contribution in [2.45, 2.75) is 45.8 Å². The Bertz CT molecular complexity index is 429. The lowest BCUT2D eigenvalue weighted by molar-refractivity contribution is 0.0357. The second-order valence-electron chi connectivity index (χ2n) is 4.82. The molecule has 0 saturated carbocycles. The summed E-state index contributed by atoms with van der Waals surface area (Å²) in [5.41, 5.74) is 2.02. The molecule has 0 N–H and O–H groups in total. The van der Waals surface area contributed by atoms with E-state index in [0.29, 0.717) is 18.4 Å². The summed E-state index contributed by atoms with van der Waals surface area (Å²) >= 11 is 5.88. The SMILES string of the molecule is CCc1nnc(N2CC(CCl)OCC2C)nc1CC. The van der Waals surface area contributed by atoms with Gasteiger partial charge in [-0.1, -0.05) is 13.8 Å². The van der Waals surface area contributed by atoms with Crippen LogP contribution >= 0.6 is 11.6 Å². The first kappa shape index (κ1) is 14.5. The number of rotatable bonds is 4. The summed E-state index contributed by atoms with van der Waals surface area (Å²) in [7, 11) is 0. The topological polar surface area (TPSA) is 51.1 Å². The van der Waals surface area contributed by atoms with Crippen molar-refractivity contribution in [3.63, 3.8) is 0 Å². The number of halogens is 1. The van der Waals surface area contributed by atoms with E-state index < -0.39 is 0 Å². The molecule has 0 radical (unpaired) electrons. The van der Waals surface area contributed by atoms with Crippen molar-refractivity contribution in [1.29, 1.82) is 0 Å². The minimum Gasteiger partial charge on any atom is -0.373 e. The van der Waals surface area contributed by atoms with Gasteiger partial charge in [0.05, 0.1) is 36.0 Å². The fourth-order valence-corrected chi connectivity index (χ4v) is 2.43. The second kappa shape index (κ2) is 6.48. The summed E-state index contributed by atoms with van der Waals surface area (Å²) in [6.45, 7) is 7.65. The highest BCUT2D eigenvalue weighted by Crippen LogP contribution is 2.19. The minimum absolute atomic E-state index is 0.0393. The molecule has 2 heterocycles. The van der Waals surface area contributed by atoms with Crippen LogP contribution in [-0.4, -0.2) is 46.4 Å². The molecule has 2 unspecified atom stereocenters. The van der Waals surface area contributed by atoms with Crippen LogP contribution in [0.5, 0.6) is 0 Å². The van der Waals surface area contributed by atoms with Crippen LogP contribution in [0.15, 0.2) is 0 Å². The summed E-state index contributed by atoms with van der Waals surface area (Å²) in [5.74, 6) is 1.18. The monoisotopic (exact) mass is 284 g/mol. The maximum atomic E-state index is 5.88. The molecular weight excluding hydrogens is 264 g/mol. The first-order valence-corrected chi connectivity index (χ1v) is 7.39. The standard InChI is InChI=1S/C13H21ClN4O/c1-4-11-12(5-2)16-17-13(15-11)18-7-10(6-14)19-8-9(18)3/h9-10H,4-8H2,1-3H3. The Morgan fingerprint density at radius 3 is 2.63 bits per heavy atom. The molecule has 5 nitrogen and oxygen atoms in total. The highest BCUT2D eigenvalue weighted by atomic mass is 35.5. The van der Waals surface area contributed by atoms with E-state index in [1.54, 1.807) is 0 Å². The van der Waals surface area contributed by atoms with Crippen molar-refractivity contribution in [1.82, 2.24) is 15.2 Å². The molecule has 1 aliphatic rings. The number of hydrogen-bond donors (Lipinski definition) is 0. The van der Waals surface area contributed by atoms with Crippen LogP contribution in [0.2, 0.25) is 0 Å². The number of hydrogen-bond acceptors (Lipinski definition) is 5. The van der Waals surface area contributed by atoms with Crippen LogP contribution in [0, 0.1) is 0 Å². The van der Waals surface area contributed by atoms with Gasteiger partial charge in [-0.25, -0.2) is 4.98 Å². The van der Waals surface area contributed by atoms with Gasteiger partial charge >= 0.3 is 0 Å². The van der Waals surface area contributed by atoms with Crippen molar-refractivity contribution in [2.24, 2.45) is 0 Å². The summed E-state index contributed by atoms with van der Waals surface area (Å²) < 4.78 is 5.64. The fourth-order valence-electron chi connectivity index (χ4n) is 2.24. The Balaban J connectivity index is 2.24. The van der Waals surface area contributed by atoms with E-state index in [1.807, 2.05) is 0 Å². The molecule has 0 aromatic carbocycles. The van der Waals surface area contributed by atoms with Gasteiger partial charge in [-0.15, -0.1) is 16.7 Å². The third kappa shape index (κ3) is 3.15. The van der Waals surface area contributed by atoms with E-state index in [9.17, 15) is 0 Å². The van der Waals surface area contributed by atoms with Crippen molar-refractivity contribution < 1.29 is 4.74 Å². The molecule has 0 amide bonds. The van der Waals surface area contributed by atoms with Gasteiger partial charge in [0, 0.05) is 6.54 Å². The smallest absolute Gasteiger partial charge is 0.246 e. The summed E-state index contributed by atoms with van der Waals surface area (Å²) in [5, 5.41) is 8.57. The van der Waals surface area contributed by atoms with E-state index in [1.165, 1.54) is 0 Å². The van der Waals surface area contributed by atoms with Gasteiger partial charge in [0.15, 0.2) is 0 Å². The average molecular weight is 285 g/mol. The van der Waals surface area contributed by atoms with Gasteiger partial charge < -0.3 is 9.64 Å². The van der Waals surface area contributed by atoms with E-state index in [2.05, 4.69) is 40.9 Å². The first-order chi connectivity index (χ1) is 9.19. The predicted octanol–water partition coefficient (Wildman–Crippen LogP) is 1.83. The summed E-state index contributed by atoms with van der Waals surface area (Å²) in [6.07, 6.45) is 1.79.